The third-order valence-corrected chi connectivity index (χ3v) is 5.29. The number of hydrogen-bond donors (Lipinski definition) is 1. The lowest BCUT2D eigenvalue weighted by Crippen LogP contribution is -2.38. The summed E-state index contributed by atoms with van der Waals surface area (Å²) < 4.78 is 0. The number of amides is 1. The van der Waals surface area contributed by atoms with Crippen LogP contribution in [0.1, 0.15) is 39.0 Å². The third-order valence-electron chi connectivity index (χ3n) is 5.29. The van der Waals surface area contributed by atoms with Gasteiger partial charge in [-0.05, 0) is 57.0 Å². The Labute approximate surface area is 116 Å². The fourth-order valence-electron chi connectivity index (χ4n) is 3.63. The van der Waals surface area contributed by atoms with Crippen LogP contribution in [-0.4, -0.2) is 37.0 Å². The fraction of sp³-hybridized carbons (Fsp3) is 0.929. The Hall–Kier alpha value is -0.280. The number of nitrogens with zero attached hydrogens (tertiary/aromatic N) is 1. The minimum absolute atomic E-state index is 0. The van der Waals surface area contributed by atoms with E-state index in [9.17, 15) is 4.79 Å². The van der Waals surface area contributed by atoms with Gasteiger partial charge in [0, 0.05) is 18.5 Å². The number of likely N-dealkylation sites (tertiary alicyclic amines) is 1. The van der Waals surface area contributed by atoms with E-state index >= 15 is 0 Å². The molecule has 2 aliphatic heterocycles. The second kappa shape index (κ2) is 5.38. The van der Waals surface area contributed by atoms with E-state index in [1.807, 2.05) is 0 Å². The molecule has 1 N–H and O–H groups in total. The highest BCUT2D eigenvalue weighted by atomic mass is 35.5. The summed E-state index contributed by atoms with van der Waals surface area (Å²) in [7, 11) is 0. The van der Waals surface area contributed by atoms with Gasteiger partial charge >= 0.3 is 0 Å². The van der Waals surface area contributed by atoms with Crippen LogP contribution in [-0.2, 0) is 4.79 Å². The standard InChI is InChI=1S/C14H24N2O.ClH/c1-2-14(5-6-14)13(17)16-7-3-11-9-15-10-12(11)4-8-16;/h11-12,15H,2-10H2,1H3;1H/t11-,12+;. The van der Waals surface area contributed by atoms with Crippen LogP contribution in [0, 0.1) is 17.3 Å². The molecule has 2 saturated heterocycles. The first-order chi connectivity index (χ1) is 8.25. The van der Waals surface area contributed by atoms with Crippen molar-refractivity contribution in [1.82, 2.24) is 10.2 Å². The normalized spacial score (nSPS) is 33.3. The van der Waals surface area contributed by atoms with Crippen LogP contribution in [0.25, 0.3) is 0 Å². The highest BCUT2D eigenvalue weighted by Crippen LogP contribution is 2.50. The van der Waals surface area contributed by atoms with Crippen LogP contribution in [0.3, 0.4) is 0 Å². The van der Waals surface area contributed by atoms with Crippen LogP contribution in [0.4, 0.5) is 0 Å². The average molecular weight is 273 g/mol. The topological polar surface area (TPSA) is 32.3 Å². The second-order valence-corrected chi connectivity index (χ2v) is 6.18. The largest absolute Gasteiger partial charge is 0.342 e. The summed E-state index contributed by atoms with van der Waals surface area (Å²) in [6, 6.07) is 0. The summed E-state index contributed by atoms with van der Waals surface area (Å²) in [6.45, 7) is 6.52. The van der Waals surface area contributed by atoms with Gasteiger partial charge in [-0.2, -0.15) is 0 Å². The maximum Gasteiger partial charge on any atom is 0.228 e. The molecular weight excluding hydrogens is 248 g/mol. The summed E-state index contributed by atoms with van der Waals surface area (Å²) in [5.74, 6) is 2.11. The molecule has 4 heteroatoms. The Morgan fingerprint density at radius 1 is 1.22 bits per heavy atom. The zero-order valence-electron chi connectivity index (χ0n) is 11.3. The van der Waals surface area contributed by atoms with Gasteiger partial charge in [-0.1, -0.05) is 6.92 Å². The highest BCUT2D eigenvalue weighted by molar-refractivity contribution is 5.85. The lowest BCUT2D eigenvalue weighted by Gasteiger charge is -2.25. The monoisotopic (exact) mass is 272 g/mol. The summed E-state index contributed by atoms with van der Waals surface area (Å²) in [5.41, 5.74) is 0.0672. The van der Waals surface area contributed by atoms with E-state index in [4.69, 9.17) is 0 Å². The molecule has 18 heavy (non-hydrogen) atoms. The summed E-state index contributed by atoms with van der Waals surface area (Å²) in [4.78, 5) is 14.7. The van der Waals surface area contributed by atoms with Crippen LogP contribution in [0.5, 0.6) is 0 Å². The molecule has 1 aliphatic carbocycles. The molecule has 3 fully saturated rings. The summed E-state index contributed by atoms with van der Waals surface area (Å²) in [5, 5.41) is 3.49. The third kappa shape index (κ3) is 2.39. The zero-order valence-corrected chi connectivity index (χ0v) is 12.1. The van der Waals surface area contributed by atoms with Gasteiger partial charge in [0.1, 0.15) is 0 Å². The van der Waals surface area contributed by atoms with Crippen molar-refractivity contribution in [3.05, 3.63) is 0 Å². The number of hydrogen-bond acceptors (Lipinski definition) is 2. The van der Waals surface area contributed by atoms with E-state index in [0.29, 0.717) is 5.91 Å². The van der Waals surface area contributed by atoms with Crippen molar-refractivity contribution in [2.45, 2.75) is 39.0 Å². The van der Waals surface area contributed by atoms with E-state index < -0.39 is 0 Å². The first-order valence-corrected chi connectivity index (χ1v) is 7.25. The number of rotatable bonds is 2. The molecule has 0 spiro atoms. The van der Waals surface area contributed by atoms with Crippen LogP contribution < -0.4 is 5.32 Å². The first kappa shape index (κ1) is 14.1. The van der Waals surface area contributed by atoms with E-state index in [-0.39, 0.29) is 17.8 Å². The number of halogens is 1. The quantitative estimate of drug-likeness (QED) is 0.835. The SMILES string of the molecule is CCC1(C(=O)N2CC[C@@H]3CNC[C@@H]3CC2)CC1.Cl. The molecule has 104 valence electrons. The molecule has 0 radical (unpaired) electrons. The Kier molecular flexibility index (Phi) is 4.22. The van der Waals surface area contributed by atoms with Crippen molar-refractivity contribution >= 4 is 18.3 Å². The van der Waals surface area contributed by atoms with Crippen molar-refractivity contribution in [2.75, 3.05) is 26.2 Å². The fourth-order valence-corrected chi connectivity index (χ4v) is 3.63. The molecule has 3 rings (SSSR count). The van der Waals surface area contributed by atoms with Crippen molar-refractivity contribution in [1.29, 1.82) is 0 Å². The van der Waals surface area contributed by atoms with Crippen LogP contribution in [0.15, 0.2) is 0 Å². The van der Waals surface area contributed by atoms with Gasteiger partial charge in [0.05, 0.1) is 0 Å². The van der Waals surface area contributed by atoms with Gasteiger partial charge in [0.25, 0.3) is 0 Å². The maximum atomic E-state index is 12.5. The van der Waals surface area contributed by atoms with E-state index in [0.717, 1.165) is 44.2 Å². The zero-order chi connectivity index (χ0) is 11.9. The van der Waals surface area contributed by atoms with Crippen molar-refractivity contribution in [3.8, 4) is 0 Å². The number of carbonyl (C=O) groups excluding carboxylic acids is 1. The number of nitrogens with one attached hydrogen (secondary N) is 1. The van der Waals surface area contributed by atoms with Gasteiger partial charge in [-0.15, -0.1) is 12.4 Å². The van der Waals surface area contributed by atoms with Gasteiger partial charge in [-0.25, -0.2) is 0 Å². The van der Waals surface area contributed by atoms with E-state index in [1.165, 1.54) is 25.9 Å². The predicted octanol–water partition coefficient (Wildman–Crippen LogP) is 2.06. The number of fused-ring (bicyclic) bond motifs is 1. The Morgan fingerprint density at radius 2 is 1.78 bits per heavy atom. The predicted molar refractivity (Wildman–Crippen MR) is 74.9 cm³/mol. The molecule has 1 amide bonds. The van der Waals surface area contributed by atoms with Crippen LogP contribution in [0.2, 0.25) is 0 Å². The highest BCUT2D eigenvalue weighted by Gasteiger charge is 2.50. The molecule has 0 aromatic carbocycles. The summed E-state index contributed by atoms with van der Waals surface area (Å²) in [6.07, 6.45) is 5.73. The Morgan fingerprint density at radius 3 is 2.22 bits per heavy atom. The molecule has 0 unspecified atom stereocenters. The molecule has 0 bridgehead atoms. The lowest BCUT2D eigenvalue weighted by atomic mass is 9.92. The minimum Gasteiger partial charge on any atom is -0.342 e. The molecule has 0 aromatic heterocycles. The molecule has 2 atom stereocenters. The molecule has 3 aliphatic rings. The van der Waals surface area contributed by atoms with Crippen molar-refractivity contribution in [2.24, 2.45) is 17.3 Å². The molecule has 1 saturated carbocycles. The summed E-state index contributed by atoms with van der Waals surface area (Å²) >= 11 is 0. The Bertz CT molecular complexity index is 303. The molecule has 3 nitrogen and oxygen atoms in total. The second-order valence-electron chi connectivity index (χ2n) is 6.18. The van der Waals surface area contributed by atoms with Gasteiger partial charge < -0.3 is 10.2 Å². The molecular formula is C14H25ClN2O. The van der Waals surface area contributed by atoms with Gasteiger partial charge in [-0.3, -0.25) is 4.79 Å². The van der Waals surface area contributed by atoms with Gasteiger partial charge in [0.15, 0.2) is 0 Å². The first-order valence-electron chi connectivity index (χ1n) is 7.25. The molecule has 0 aromatic rings. The van der Waals surface area contributed by atoms with Gasteiger partial charge in [0.2, 0.25) is 5.91 Å². The Balaban J connectivity index is 0.00000120. The van der Waals surface area contributed by atoms with Crippen molar-refractivity contribution in [3.63, 3.8) is 0 Å². The maximum absolute atomic E-state index is 12.5. The average Bonchev–Trinajstić information content (AvgIpc) is 3.08. The van der Waals surface area contributed by atoms with E-state index in [2.05, 4.69) is 17.1 Å². The number of carbonyl (C=O) groups is 1. The molecule has 2 heterocycles. The van der Waals surface area contributed by atoms with Crippen molar-refractivity contribution < 1.29 is 4.79 Å². The smallest absolute Gasteiger partial charge is 0.228 e. The van der Waals surface area contributed by atoms with E-state index in [1.54, 1.807) is 0 Å². The van der Waals surface area contributed by atoms with Crippen LogP contribution >= 0.6 is 12.4 Å². The lowest BCUT2D eigenvalue weighted by molar-refractivity contribution is -0.137. The minimum atomic E-state index is 0.